The molecule has 170 valence electrons. The third-order valence-corrected chi connectivity index (χ3v) is 9.97. The Morgan fingerprint density at radius 3 is 2.56 bits per heavy atom. The van der Waals surface area contributed by atoms with Crippen molar-refractivity contribution in [3.8, 4) is 0 Å². The summed E-state index contributed by atoms with van der Waals surface area (Å²) in [6.45, 7) is 2.44. The molecule has 2 aromatic carbocycles. The van der Waals surface area contributed by atoms with Gasteiger partial charge in [-0.3, -0.25) is 4.79 Å². The van der Waals surface area contributed by atoms with E-state index in [4.69, 9.17) is 11.6 Å². The van der Waals surface area contributed by atoms with Crippen LogP contribution in [-0.2, 0) is 21.2 Å². The Labute approximate surface area is 195 Å². The molecule has 0 unspecified atom stereocenters. The van der Waals surface area contributed by atoms with Gasteiger partial charge in [-0.25, -0.2) is 8.42 Å². The molecule has 4 atom stereocenters. The van der Waals surface area contributed by atoms with Crippen LogP contribution in [0.2, 0.25) is 5.02 Å². The van der Waals surface area contributed by atoms with E-state index in [1.165, 1.54) is 35.7 Å². The zero-order chi connectivity index (χ0) is 22.5. The molecule has 2 bridgehead atoms. The van der Waals surface area contributed by atoms with Gasteiger partial charge in [0, 0.05) is 23.3 Å². The van der Waals surface area contributed by atoms with Gasteiger partial charge >= 0.3 is 0 Å². The molecule has 1 aliphatic heterocycles. The number of rotatable bonds is 6. The van der Waals surface area contributed by atoms with Crippen molar-refractivity contribution >= 4 is 33.2 Å². The highest BCUT2D eigenvalue weighted by atomic mass is 35.5. The minimum Gasteiger partial charge on any atom is -0.311 e. The number of sulfonamides is 1. The van der Waals surface area contributed by atoms with Crippen LogP contribution in [0.15, 0.2) is 53.4 Å². The summed E-state index contributed by atoms with van der Waals surface area (Å²) in [5, 5.41) is 0.487. The van der Waals surface area contributed by atoms with E-state index in [0.29, 0.717) is 29.3 Å². The summed E-state index contributed by atoms with van der Waals surface area (Å²) in [5.74, 6) is 1.39. The lowest BCUT2D eigenvalue weighted by Gasteiger charge is -2.36. The summed E-state index contributed by atoms with van der Waals surface area (Å²) in [4.78, 5) is 15.4. The van der Waals surface area contributed by atoms with Crippen LogP contribution < -0.4 is 4.90 Å². The Morgan fingerprint density at radius 1 is 1.12 bits per heavy atom. The fraction of sp³-hybridized carbons (Fsp3) is 0.480. The maximum absolute atomic E-state index is 13.8. The van der Waals surface area contributed by atoms with Gasteiger partial charge in [-0.05, 0) is 86.3 Å². The van der Waals surface area contributed by atoms with E-state index in [9.17, 15) is 13.2 Å². The van der Waals surface area contributed by atoms with Crippen LogP contribution in [-0.4, -0.2) is 37.8 Å². The topological polar surface area (TPSA) is 57.7 Å². The quantitative estimate of drug-likeness (QED) is 0.609. The van der Waals surface area contributed by atoms with E-state index in [1.54, 1.807) is 17.0 Å². The number of carbonyl (C=O) groups is 1. The van der Waals surface area contributed by atoms with Gasteiger partial charge in [0.15, 0.2) is 0 Å². The van der Waals surface area contributed by atoms with Crippen LogP contribution >= 0.6 is 11.6 Å². The van der Waals surface area contributed by atoms with E-state index in [1.807, 2.05) is 31.2 Å². The number of hydrogen-bond donors (Lipinski definition) is 0. The molecule has 2 saturated carbocycles. The number of amides is 1. The molecule has 0 saturated heterocycles. The number of hydrogen-bond acceptors (Lipinski definition) is 3. The Balaban J connectivity index is 1.45. The van der Waals surface area contributed by atoms with Gasteiger partial charge in [0.1, 0.15) is 0 Å². The zero-order valence-electron chi connectivity index (χ0n) is 18.3. The molecule has 3 aliphatic rings. The van der Waals surface area contributed by atoms with Crippen molar-refractivity contribution in [2.45, 2.75) is 50.0 Å². The first kappa shape index (κ1) is 21.9. The molecule has 5 rings (SSSR count). The lowest BCUT2D eigenvalue weighted by molar-refractivity contribution is -0.119. The molecule has 0 aromatic heterocycles. The average Bonchev–Trinajstić information content (AvgIpc) is 3.52. The van der Waals surface area contributed by atoms with Gasteiger partial charge in [0.05, 0.1) is 11.4 Å². The van der Waals surface area contributed by atoms with Crippen molar-refractivity contribution < 1.29 is 13.2 Å². The van der Waals surface area contributed by atoms with Crippen molar-refractivity contribution in [1.82, 2.24) is 4.31 Å². The zero-order valence-corrected chi connectivity index (χ0v) is 19.9. The molecule has 32 heavy (non-hydrogen) atoms. The number of carbonyl (C=O) groups excluding carboxylic acids is 1. The molecule has 2 aromatic rings. The lowest BCUT2D eigenvalue weighted by Crippen LogP contribution is -2.49. The molecule has 0 radical (unpaired) electrons. The molecule has 1 amide bonds. The highest BCUT2D eigenvalue weighted by Gasteiger charge is 2.46. The molecule has 1 heterocycles. The van der Waals surface area contributed by atoms with E-state index < -0.39 is 10.0 Å². The summed E-state index contributed by atoms with van der Waals surface area (Å²) >= 11 is 6.00. The van der Waals surface area contributed by atoms with Crippen molar-refractivity contribution in [1.29, 1.82) is 0 Å². The second-order valence-electron chi connectivity index (χ2n) is 9.51. The summed E-state index contributed by atoms with van der Waals surface area (Å²) in [6.07, 6.45) is 5.47. The standard InChI is InChI=1S/C25H29ClN2O3S/c1-17(23-15-18-6-7-20(23)14-18)28(32(30,31)22-10-8-21(26)9-11-22)16-25(29)27-13-12-19-4-2-3-5-24(19)27/h2-5,8-11,17-18,20,23H,6-7,12-16H2,1H3/t17-,18+,20-,23+/m0/s1. The number of nitrogens with zero attached hydrogens (tertiary/aromatic N) is 2. The number of anilines is 1. The number of para-hydroxylation sites is 1. The summed E-state index contributed by atoms with van der Waals surface area (Å²) in [5.41, 5.74) is 2.03. The van der Waals surface area contributed by atoms with Crippen LogP contribution in [0.25, 0.3) is 0 Å². The van der Waals surface area contributed by atoms with E-state index in [-0.39, 0.29) is 23.4 Å². The SMILES string of the molecule is C[C@@H]([C@H]1C[C@@H]2CC[C@H]1C2)N(CC(=O)N1CCc2ccccc21)S(=O)(=O)c1ccc(Cl)cc1. The highest BCUT2D eigenvalue weighted by molar-refractivity contribution is 7.89. The van der Waals surface area contributed by atoms with Gasteiger partial charge in [0.2, 0.25) is 15.9 Å². The van der Waals surface area contributed by atoms with Crippen molar-refractivity contribution in [3.05, 3.63) is 59.1 Å². The molecule has 2 aliphatic carbocycles. The Bertz CT molecular complexity index is 1120. The molecule has 2 fully saturated rings. The van der Waals surface area contributed by atoms with Crippen molar-refractivity contribution in [2.24, 2.45) is 17.8 Å². The maximum atomic E-state index is 13.8. The summed E-state index contributed by atoms with van der Waals surface area (Å²) < 4.78 is 29.0. The van der Waals surface area contributed by atoms with E-state index in [0.717, 1.165) is 24.1 Å². The van der Waals surface area contributed by atoms with Crippen LogP contribution in [0.4, 0.5) is 5.69 Å². The first-order chi connectivity index (χ1) is 15.3. The largest absolute Gasteiger partial charge is 0.311 e. The van der Waals surface area contributed by atoms with Crippen LogP contribution in [0, 0.1) is 17.8 Å². The van der Waals surface area contributed by atoms with Gasteiger partial charge in [-0.1, -0.05) is 36.2 Å². The first-order valence-corrected chi connectivity index (χ1v) is 13.3. The van der Waals surface area contributed by atoms with Gasteiger partial charge in [0.25, 0.3) is 0 Å². The second kappa shape index (κ2) is 8.47. The monoisotopic (exact) mass is 472 g/mol. The third-order valence-electron chi connectivity index (χ3n) is 7.77. The minimum atomic E-state index is -3.85. The molecule has 0 spiro atoms. The van der Waals surface area contributed by atoms with Crippen molar-refractivity contribution in [3.63, 3.8) is 0 Å². The molecule has 7 heteroatoms. The van der Waals surface area contributed by atoms with Crippen LogP contribution in [0.1, 0.15) is 38.2 Å². The number of fused-ring (bicyclic) bond motifs is 3. The number of benzene rings is 2. The summed E-state index contributed by atoms with van der Waals surface area (Å²) in [7, 11) is -3.85. The van der Waals surface area contributed by atoms with Crippen LogP contribution in [0.3, 0.4) is 0 Å². The third kappa shape index (κ3) is 3.87. The smallest absolute Gasteiger partial charge is 0.243 e. The van der Waals surface area contributed by atoms with Crippen LogP contribution in [0.5, 0.6) is 0 Å². The maximum Gasteiger partial charge on any atom is 0.243 e. The summed E-state index contributed by atoms with van der Waals surface area (Å²) in [6, 6.07) is 13.9. The Morgan fingerprint density at radius 2 is 1.88 bits per heavy atom. The van der Waals surface area contributed by atoms with E-state index >= 15 is 0 Å². The fourth-order valence-electron chi connectivity index (χ4n) is 6.10. The predicted octanol–water partition coefficient (Wildman–Crippen LogP) is 4.74. The van der Waals surface area contributed by atoms with Gasteiger partial charge < -0.3 is 4.90 Å². The minimum absolute atomic E-state index is 0.144. The number of halogens is 1. The Kier molecular flexibility index (Phi) is 5.81. The normalized spacial score (nSPS) is 25.3. The average molecular weight is 473 g/mol. The molecular formula is C25H29ClN2O3S. The van der Waals surface area contributed by atoms with Gasteiger partial charge in [-0.15, -0.1) is 0 Å². The predicted molar refractivity (Wildman–Crippen MR) is 126 cm³/mol. The first-order valence-electron chi connectivity index (χ1n) is 11.5. The Hall–Kier alpha value is -1.89. The lowest BCUT2D eigenvalue weighted by atomic mass is 9.84. The second-order valence-corrected chi connectivity index (χ2v) is 11.8. The van der Waals surface area contributed by atoms with Crippen molar-refractivity contribution in [2.75, 3.05) is 18.0 Å². The van der Waals surface area contributed by atoms with E-state index in [2.05, 4.69) is 0 Å². The van der Waals surface area contributed by atoms with Gasteiger partial charge in [-0.2, -0.15) is 4.31 Å². The highest BCUT2D eigenvalue weighted by Crippen LogP contribution is 2.50. The molecule has 0 N–H and O–H groups in total. The molecule has 5 nitrogen and oxygen atoms in total. The fourth-order valence-corrected chi connectivity index (χ4v) is 7.86. The molecular weight excluding hydrogens is 444 g/mol.